The minimum atomic E-state index is -0.799. The Bertz CT molecular complexity index is 370. The Morgan fingerprint density at radius 3 is 2.05 bits per heavy atom. The zero-order chi connectivity index (χ0) is 17.1. The van der Waals surface area contributed by atoms with E-state index in [1.54, 1.807) is 40.9 Å². The molecule has 0 unspecified atom stereocenters. The molecule has 0 bridgehead atoms. The van der Waals surface area contributed by atoms with E-state index in [0.717, 1.165) is 0 Å². The molecule has 0 radical (unpaired) electrons. The number of carboxylic acids is 1. The molecule has 7 heteroatoms. The number of allylic oxidation sites excluding steroid dienone is 1. The number of carboxylic acid groups (broad SMARTS) is 1. The number of unbranched alkanes of at least 4 members (excludes halogenated alkanes) is 1. The third kappa shape index (κ3) is 20.4. The van der Waals surface area contributed by atoms with Gasteiger partial charge in [0.25, 0.3) is 0 Å². The number of aliphatic carboxylic acids is 1. The molecule has 0 aromatic carbocycles. The number of ether oxygens (including phenoxy) is 1. The average Bonchev–Trinajstić information content (AvgIpc) is 2.24. The number of primary amides is 1. The van der Waals surface area contributed by atoms with E-state index in [4.69, 9.17) is 10.8 Å². The van der Waals surface area contributed by atoms with Crippen molar-refractivity contribution in [3.8, 4) is 0 Å². The van der Waals surface area contributed by atoms with Crippen molar-refractivity contribution in [2.24, 2.45) is 5.73 Å². The van der Waals surface area contributed by atoms with Gasteiger partial charge in [-0.05, 0) is 39.7 Å². The van der Waals surface area contributed by atoms with E-state index in [2.05, 4.69) is 4.74 Å². The number of nitrogens with zero attached hydrogens (tertiary/aromatic N) is 1. The van der Waals surface area contributed by atoms with Gasteiger partial charge in [-0.3, -0.25) is 9.59 Å². The Morgan fingerprint density at radius 2 is 1.76 bits per heavy atom. The lowest BCUT2D eigenvalue weighted by Crippen LogP contribution is -2.27. The summed E-state index contributed by atoms with van der Waals surface area (Å²) in [6.07, 6.45) is 3.80. The normalized spacial score (nSPS) is 10.5. The van der Waals surface area contributed by atoms with E-state index >= 15 is 0 Å². The van der Waals surface area contributed by atoms with Gasteiger partial charge in [0.2, 0.25) is 5.91 Å². The van der Waals surface area contributed by atoms with Crippen molar-refractivity contribution >= 4 is 18.0 Å². The van der Waals surface area contributed by atoms with E-state index < -0.39 is 17.7 Å². The maximum absolute atomic E-state index is 11.0. The highest BCUT2D eigenvalue weighted by molar-refractivity contribution is 5.87. The van der Waals surface area contributed by atoms with Gasteiger partial charge in [0.05, 0.1) is 0 Å². The van der Waals surface area contributed by atoms with Crippen molar-refractivity contribution in [2.45, 2.75) is 45.6 Å². The second kappa shape index (κ2) is 10.7. The summed E-state index contributed by atoms with van der Waals surface area (Å²) in [6.45, 7) is 5.28. The zero-order valence-corrected chi connectivity index (χ0v) is 13.4. The van der Waals surface area contributed by atoms with Gasteiger partial charge in [0.1, 0.15) is 5.60 Å². The topological polar surface area (TPSA) is 110 Å². The predicted molar refractivity (Wildman–Crippen MR) is 79.7 cm³/mol. The molecule has 0 spiro atoms. The van der Waals surface area contributed by atoms with E-state index in [0.29, 0.717) is 12.8 Å². The maximum Gasteiger partial charge on any atom is 0.405 e. The minimum Gasteiger partial charge on any atom is -0.481 e. The molecule has 7 nitrogen and oxygen atoms in total. The Labute approximate surface area is 125 Å². The van der Waals surface area contributed by atoms with Crippen molar-refractivity contribution < 1.29 is 24.2 Å². The smallest absolute Gasteiger partial charge is 0.405 e. The summed E-state index contributed by atoms with van der Waals surface area (Å²) in [7, 11) is 3.34. The van der Waals surface area contributed by atoms with E-state index in [1.807, 2.05) is 0 Å². The number of hydrogen-bond donors (Lipinski definition) is 2. The zero-order valence-electron chi connectivity index (χ0n) is 13.4. The molecule has 0 atom stereocenters. The van der Waals surface area contributed by atoms with Crippen LogP contribution in [-0.2, 0) is 14.3 Å². The van der Waals surface area contributed by atoms with Crippen molar-refractivity contribution in [2.75, 3.05) is 14.1 Å². The summed E-state index contributed by atoms with van der Waals surface area (Å²) >= 11 is 0. The van der Waals surface area contributed by atoms with Crippen molar-refractivity contribution in [3.05, 3.63) is 12.2 Å². The number of carbonyl (C=O) groups is 3. The maximum atomic E-state index is 11.0. The molecule has 0 rings (SSSR count). The third-order valence-corrected chi connectivity index (χ3v) is 1.87. The fourth-order valence-corrected chi connectivity index (χ4v) is 1.01. The molecule has 21 heavy (non-hydrogen) atoms. The van der Waals surface area contributed by atoms with E-state index in [-0.39, 0.29) is 12.3 Å². The summed E-state index contributed by atoms with van der Waals surface area (Å²) in [4.78, 5) is 32.5. The Morgan fingerprint density at radius 1 is 1.24 bits per heavy atom. The van der Waals surface area contributed by atoms with Gasteiger partial charge in [-0.15, -0.1) is 0 Å². The SMILES string of the molecule is CC(C)(C)OC(N)=O.CN(C)C(=O)/C=C/CCCC(=O)O. The van der Waals surface area contributed by atoms with Crippen LogP contribution in [0.1, 0.15) is 40.0 Å². The van der Waals surface area contributed by atoms with Gasteiger partial charge in [0, 0.05) is 20.5 Å². The van der Waals surface area contributed by atoms with Crippen LogP contribution in [0.5, 0.6) is 0 Å². The Hall–Kier alpha value is -2.05. The first-order valence-electron chi connectivity index (χ1n) is 6.53. The monoisotopic (exact) mass is 302 g/mol. The molecule has 0 aromatic heterocycles. The molecule has 0 aromatic rings. The van der Waals surface area contributed by atoms with Crippen LogP contribution in [0, 0.1) is 0 Å². The van der Waals surface area contributed by atoms with Crippen LogP contribution in [-0.4, -0.2) is 47.7 Å². The Balaban J connectivity index is 0. The van der Waals surface area contributed by atoms with Crippen LogP contribution in [0.15, 0.2) is 12.2 Å². The average molecular weight is 302 g/mol. The van der Waals surface area contributed by atoms with Crippen LogP contribution in [0.4, 0.5) is 4.79 Å². The number of nitrogens with two attached hydrogens (primary N) is 1. The highest BCUT2D eigenvalue weighted by Gasteiger charge is 2.12. The molecule has 0 saturated heterocycles. The number of amides is 2. The molecule has 122 valence electrons. The van der Waals surface area contributed by atoms with Crippen LogP contribution in [0.2, 0.25) is 0 Å². The fourth-order valence-electron chi connectivity index (χ4n) is 1.01. The Kier molecular flexibility index (Phi) is 10.8. The quantitative estimate of drug-likeness (QED) is 0.594. The van der Waals surface area contributed by atoms with Crippen molar-refractivity contribution in [3.63, 3.8) is 0 Å². The molecule has 3 N–H and O–H groups in total. The van der Waals surface area contributed by atoms with Crippen LogP contribution in [0.3, 0.4) is 0 Å². The largest absolute Gasteiger partial charge is 0.481 e. The lowest BCUT2D eigenvalue weighted by molar-refractivity contribution is -0.137. The van der Waals surface area contributed by atoms with Gasteiger partial charge in [-0.2, -0.15) is 0 Å². The molecular formula is C14H26N2O5. The summed E-state index contributed by atoms with van der Waals surface area (Å²) < 4.78 is 4.58. The molecule has 0 aliphatic carbocycles. The van der Waals surface area contributed by atoms with Gasteiger partial charge in [-0.25, -0.2) is 4.79 Å². The van der Waals surface area contributed by atoms with Crippen molar-refractivity contribution in [1.29, 1.82) is 0 Å². The van der Waals surface area contributed by atoms with Gasteiger partial charge in [-0.1, -0.05) is 6.08 Å². The summed E-state index contributed by atoms with van der Waals surface area (Å²) in [5.41, 5.74) is 4.26. The molecule has 0 aliphatic heterocycles. The number of hydrogen-bond acceptors (Lipinski definition) is 4. The highest BCUT2D eigenvalue weighted by atomic mass is 16.6. The van der Waals surface area contributed by atoms with E-state index in [9.17, 15) is 14.4 Å². The van der Waals surface area contributed by atoms with Gasteiger partial charge >= 0.3 is 12.1 Å². The standard InChI is InChI=1S/C9H15NO3.C5H11NO2/c1-10(2)8(11)6-4-3-5-7-9(12)13;1-5(2,3)8-4(6)7/h4,6H,3,5,7H2,1-2H3,(H,12,13);1-3H3,(H2,6,7)/b6-4+;. The van der Waals surface area contributed by atoms with Crippen LogP contribution < -0.4 is 5.73 Å². The van der Waals surface area contributed by atoms with Crippen LogP contribution >= 0.6 is 0 Å². The van der Waals surface area contributed by atoms with Gasteiger partial charge < -0.3 is 20.5 Å². The lowest BCUT2D eigenvalue weighted by Gasteiger charge is -2.16. The van der Waals surface area contributed by atoms with Crippen molar-refractivity contribution in [1.82, 2.24) is 4.90 Å². The summed E-state index contributed by atoms with van der Waals surface area (Å²) in [6, 6.07) is 0. The molecule has 2 amide bonds. The molecule has 0 saturated carbocycles. The predicted octanol–water partition coefficient (Wildman–Crippen LogP) is 1.77. The second-order valence-electron chi connectivity index (χ2n) is 5.45. The molecule has 0 fully saturated rings. The van der Waals surface area contributed by atoms with Crippen LogP contribution in [0.25, 0.3) is 0 Å². The molecule has 0 heterocycles. The summed E-state index contributed by atoms with van der Waals surface area (Å²) in [5, 5.41) is 8.31. The minimum absolute atomic E-state index is 0.0738. The first kappa shape index (κ1) is 21.3. The number of rotatable bonds is 5. The fraction of sp³-hybridized carbons (Fsp3) is 0.643. The first-order valence-corrected chi connectivity index (χ1v) is 6.53. The number of likely N-dealkylation sites (N-methyl/N-ethyl adjacent to an activating group) is 1. The number of carbonyl (C=O) groups excluding carboxylic acids is 2. The third-order valence-electron chi connectivity index (χ3n) is 1.87. The molecular weight excluding hydrogens is 276 g/mol. The molecule has 0 aliphatic rings. The first-order chi connectivity index (χ1) is 9.45. The summed E-state index contributed by atoms with van der Waals surface area (Å²) in [5.74, 6) is -0.873. The van der Waals surface area contributed by atoms with E-state index in [1.165, 1.54) is 11.0 Å². The highest BCUT2D eigenvalue weighted by Crippen LogP contribution is 2.04. The lowest BCUT2D eigenvalue weighted by atomic mass is 10.2. The second-order valence-corrected chi connectivity index (χ2v) is 5.45. The van der Waals surface area contributed by atoms with Gasteiger partial charge in [0.15, 0.2) is 0 Å².